The number of H-pyrrole nitrogens is 1. The van der Waals surface area contributed by atoms with Crippen LogP contribution in [-0.4, -0.2) is 46.0 Å². The van der Waals surface area contributed by atoms with Gasteiger partial charge in [0.05, 0.1) is 18.1 Å². The molecule has 1 rings (SSSR count). The molecule has 0 fully saturated rings. The van der Waals surface area contributed by atoms with Crippen LogP contribution in [0.5, 0.6) is 0 Å². The monoisotopic (exact) mass is 330 g/mol. The molecule has 6 nitrogen and oxygen atoms in total. The third-order valence-corrected chi connectivity index (χ3v) is 5.99. The average Bonchev–Trinajstić information content (AvgIpc) is 2.86. The molecule has 0 radical (unpaired) electrons. The van der Waals surface area contributed by atoms with E-state index in [0.29, 0.717) is 6.42 Å². The molecule has 22 heavy (non-hydrogen) atoms. The summed E-state index contributed by atoms with van der Waals surface area (Å²) in [5.74, 6) is 0.173. The van der Waals surface area contributed by atoms with E-state index < -0.39 is 15.6 Å². The molecule has 128 valence electrons. The van der Waals surface area contributed by atoms with Crippen molar-refractivity contribution in [2.24, 2.45) is 5.92 Å². The van der Waals surface area contributed by atoms with Crippen molar-refractivity contribution in [2.75, 3.05) is 6.26 Å². The average molecular weight is 330 g/mol. The van der Waals surface area contributed by atoms with Gasteiger partial charge < -0.3 is 0 Å². The summed E-state index contributed by atoms with van der Waals surface area (Å²) >= 11 is 0. The zero-order chi connectivity index (χ0) is 17.0. The number of rotatable bonds is 9. The van der Waals surface area contributed by atoms with Crippen LogP contribution in [0.25, 0.3) is 0 Å². The van der Waals surface area contributed by atoms with Crippen molar-refractivity contribution in [2.45, 2.75) is 71.9 Å². The van der Waals surface area contributed by atoms with Crippen LogP contribution in [-0.2, 0) is 16.4 Å². The highest BCUT2D eigenvalue weighted by molar-refractivity contribution is 7.88. The molecule has 2 unspecified atom stereocenters. The number of hydrogen-bond donors (Lipinski definition) is 1. The Bertz CT molecular complexity index is 540. The molecule has 1 aromatic heterocycles. The number of aromatic amines is 1. The second kappa shape index (κ2) is 7.55. The van der Waals surface area contributed by atoms with Gasteiger partial charge in [0.1, 0.15) is 0 Å². The molecule has 7 heteroatoms. The zero-order valence-corrected chi connectivity index (χ0v) is 15.4. The van der Waals surface area contributed by atoms with Crippen LogP contribution in [0.1, 0.15) is 59.6 Å². The maximum atomic E-state index is 12.4. The lowest BCUT2D eigenvalue weighted by molar-refractivity contribution is 0.105. The molecule has 0 amide bonds. The molecular weight excluding hydrogens is 300 g/mol. The SMILES string of the molecule is CCCC(C)N(C(C)(C)C(CC)Cc1cn[nH]n1)S(C)(=O)=O. The van der Waals surface area contributed by atoms with E-state index in [1.807, 2.05) is 20.8 Å². The van der Waals surface area contributed by atoms with Crippen molar-refractivity contribution < 1.29 is 8.42 Å². The van der Waals surface area contributed by atoms with E-state index in [9.17, 15) is 8.42 Å². The quantitative estimate of drug-likeness (QED) is 0.755. The maximum Gasteiger partial charge on any atom is 0.211 e. The minimum Gasteiger partial charge on any atom is -0.212 e. The molecule has 0 spiro atoms. The first-order chi connectivity index (χ1) is 10.1. The van der Waals surface area contributed by atoms with Gasteiger partial charge >= 0.3 is 0 Å². The summed E-state index contributed by atoms with van der Waals surface area (Å²) in [6, 6.07) is -0.0126. The lowest BCUT2D eigenvalue weighted by Gasteiger charge is -2.45. The fourth-order valence-electron chi connectivity index (χ4n) is 3.51. The molecule has 1 aromatic rings. The van der Waals surface area contributed by atoms with Gasteiger partial charge in [0.15, 0.2) is 0 Å². The third kappa shape index (κ3) is 4.52. The van der Waals surface area contributed by atoms with Crippen molar-refractivity contribution in [3.63, 3.8) is 0 Å². The lowest BCUT2D eigenvalue weighted by atomic mass is 9.81. The van der Waals surface area contributed by atoms with Crippen LogP contribution >= 0.6 is 0 Å². The summed E-state index contributed by atoms with van der Waals surface area (Å²) in [4.78, 5) is 0. The first-order valence-electron chi connectivity index (χ1n) is 7.98. The Labute approximate surface area is 134 Å². The Balaban J connectivity index is 3.12. The number of nitrogens with zero attached hydrogens (tertiary/aromatic N) is 3. The topological polar surface area (TPSA) is 79.0 Å². The van der Waals surface area contributed by atoms with E-state index in [1.54, 1.807) is 10.5 Å². The molecule has 0 bridgehead atoms. The highest BCUT2D eigenvalue weighted by Gasteiger charge is 2.42. The van der Waals surface area contributed by atoms with Gasteiger partial charge in [-0.25, -0.2) is 8.42 Å². The Morgan fingerprint density at radius 2 is 2.00 bits per heavy atom. The van der Waals surface area contributed by atoms with Gasteiger partial charge in [-0.15, -0.1) is 0 Å². The van der Waals surface area contributed by atoms with E-state index in [1.165, 1.54) is 6.26 Å². The van der Waals surface area contributed by atoms with E-state index in [2.05, 4.69) is 29.3 Å². The first kappa shape index (κ1) is 19.1. The Kier molecular flexibility index (Phi) is 6.55. The zero-order valence-electron chi connectivity index (χ0n) is 14.6. The van der Waals surface area contributed by atoms with Crippen molar-refractivity contribution in [3.8, 4) is 0 Å². The second-order valence-electron chi connectivity index (χ2n) is 6.62. The summed E-state index contributed by atoms with van der Waals surface area (Å²) in [6.45, 7) is 10.2. The van der Waals surface area contributed by atoms with E-state index in [-0.39, 0.29) is 12.0 Å². The highest BCUT2D eigenvalue weighted by atomic mass is 32.2. The van der Waals surface area contributed by atoms with Gasteiger partial charge in [0.25, 0.3) is 0 Å². The van der Waals surface area contributed by atoms with Gasteiger partial charge in [0, 0.05) is 11.6 Å². The van der Waals surface area contributed by atoms with Gasteiger partial charge in [-0.3, -0.25) is 0 Å². The van der Waals surface area contributed by atoms with Crippen LogP contribution in [0.15, 0.2) is 6.20 Å². The van der Waals surface area contributed by atoms with Gasteiger partial charge in [-0.05, 0) is 39.5 Å². The Hall–Kier alpha value is -0.950. The van der Waals surface area contributed by atoms with E-state index in [4.69, 9.17) is 0 Å². The van der Waals surface area contributed by atoms with Crippen molar-refractivity contribution in [3.05, 3.63) is 11.9 Å². The third-order valence-electron chi connectivity index (χ3n) is 4.44. The molecule has 1 N–H and O–H groups in total. The number of nitrogens with one attached hydrogen (secondary N) is 1. The van der Waals surface area contributed by atoms with Crippen LogP contribution in [0.4, 0.5) is 0 Å². The molecule has 0 aromatic carbocycles. The van der Waals surface area contributed by atoms with E-state index >= 15 is 0 Å². The fourth-order valence-corrected chi connectivity index (χ4v) is 5.27. The normalized spacial score (nSPS) is 16.0. The smallest absolute Gasteiger partial charge is 0.211 e. The standard InChI is InChI=1S/C15H30N4O2S/c1-7-9-12(3)19(22(6,20)21)15(4,5)13(8-2)10-14-11-16-18-17-14/h11-13H,7-10H2,1-6H3,(H,16,17,18). The lowest BCUT2D eigenvalue weighted by Crippen LogP contribution is -2.56. The van der Waals surface area contributed by atoms with Gasteiger partial charge in [0.2, 0.25) is 10.0 Å². The van der Waals surface area contributed by atoms with Crippen LogP contribution in [0.3, 0.4) is 0 Å². The number of hydrogen-bond acceptors (Lipinski definition) is 4. The Morgan fingerprint density at radius 1 is 1.36 bits per heavy atom. The van der Waals surface area contributed by atoms with Crippen LogP contribution < -0.4 is 0 Å². The minimum absolute atomic E-state index is 0.0126. The predicted molar refractivity (Wildman–Crippen MR) is 89.0 cm³/mol. The summed E-state index contributed by atoms with van der Waals surface area (Å²) in [6.07, 6.45) is 6.43. The molecule has 1 heterocycles. The summed E-state index contributed by atoms with van der Waals surface area (Å²) < 4.78 is 26.5. The summed E-state index contributed by atoms with van der Waals surface area (Å²) in [5, 5.41) is 10.6. The Morgan fingerprint density at radius 3 is 2.41 bits per heavy atom. The van der Waals surface area contributed by atoms with Crippen molar-refractivity contribution >= 4 is 10.0 Å². The largest absolute Gasteiger partial charge is 0.212 e. The van der Waals surface area contributed by atoms with Gasteiger partial charge in [-0.2, -0.15) is 19.7 Å². The number of aromatic nitrogens is 3. The minimum atomic E-state index is -3.29. The highest BCUT2D eigenvalue weighted by Crippen LogP contribution is 2.34. The van der Waals surface area contributed by atoms with Crippen molar-refractivity contribution in [1.82, 2.24) is 19.7 Å². The molecule has 0 aliphatic carbocycles. The fraction of sp³-hybridized carbons (Fsp3) is 0.867. The van der Waals surface area contributed by atoms with Crippen molar-refractivity contribution in [1.29, 1.82) is 0 Å². The molecular formula is C15H30N4O2S. The molecule has 0 aliphatic heterocycles. The van der Waals surface area contributed by atoms with Gasteiger partial charge in [-0.1, -0.05) is 26.7 Å². The summed E-state index contributed by atoms with van der Waals surface area (Å²) in [7, 11) is -3.29. The second-order valence-corrected chi connectivity index (χ2v) is 8.48. The molecule has 2 atom stereocenters. The molecule has 0 saturated carbocycles. The summed E-state index contributed by atoms with van der Waals surface area (Å²) in [5.41, 5.74) is 0.395. The molecule has 0 saturated heterocycles. The molecule has 0 aliphatic rings. The number of sulfonamides is 1. The van der Waals surface area contributed by atoms with Crippen LogP contribution in [0.2, 0.25) is 0 Å². The maximum absolute atomic E-state index is 12.4. The van der Waals surface area contributed by atoms with Crippen LogP contribution in [0, 0.1) is 5.92 Å². The van der Waals surface area contributed by atoms with E-state index in [0.717, 1.165) is 25.0 Å². The first-order valence-corrected chi connectivity index (χ1v) is 9.83. The predicted octanol–water partition coefficient (Wildman–Crippen LogP) is 2.60.